The largest absolute Gasteiger partial charge is 0.444 e. The van der Waals surface area contributed by atoms with Gasteiger partial charge in [0, 0.05) is 31.2 Å². The standard InChI is InChI=1S/C14H20BrN3O2/c1-14(2,3)20-13(19)18-6-4-10(5-7-18)11-8-17-12(15)9-16-11/h8-10H,4-7H2,1-3H3/i4D2,5D2,6D2,7D2,8D,9D,10D. The quantitative estimate of drug-likeness (QED) is 0.777. The van der Waals surface area contributed by atoms with Gasteiger partial charge in [-0.25, -0.2) is 9.78 Å². The van der Waals surface area contributed by atoms with Crippen LogP contribution in [0.2, 0.25) is 0 Å². The SMILES string of the molecule is [2H]c1nc(C2([2H])C([2H])([2H])C([2H])([2H])N(C(=O)OC(C)(C)C)C([2H])([2H])C2([2H])[2H])c([2H])nc1Br. The molecular weight excluding hydrogens is 322 g/mol. The number of likely N-dealkylation sites (tertiary alicyclic amines) is 1. The summed E-state index contributed by atoms with van der Waals surface area (Å²) in [4.78, 5) is 19.4. The first-order valence-corrected chi connectivity index (χ1v) is 6.41. The van der Waals surface area contributed by atoms with Crippen LogP contribution in [0.5, 0.6) is 0 Å². The molecule has 20 heavy (non-hydrogen) atoms. The van der Waals surface area contributed by atoms with E-state index in [-0.39, 0.29) is 9.50 Å². The van der Waals surface area contributed by atoms with E-state index >= 15 is 0 Å². The predicted molar refractivity (Wildman–Crippen MR) is 79.5 cm³/mol. The maximum Gasteiger partial charge on any atom is 0.410 e. The van der Waals surface area contributed by atoms with Crippen molar-refractivity contribution in [1.29, 1.82) is 0 Å². The first-order valence-electron chi connectivity index (χ1n) is 11.1. The molecular formula is C14H20BrN3O2. The molecule has 0 bridgehead atoms. The second kappa shape index (κ2) is 6.08. The summed E-state index contributed by atoms with van der Waals surface area (Å²) in [7, 11) is 0. The lowest BCUT2D eigenvalue weighted by molar-refractivity contribution is 0.0204. The zero-order valence-corrected chi connectivity index (χ0v) is 12.6. The average Bonchev–Trinajstić information content (AvgIpc) is 2.53. The molecule has 1 aliphatic heterocycles. The number of carbonyl (C=O) groups is 1. The number of hydrogen-bond acceptors (Lipinski definition) is 4. The second-order valence-corrected chi connectivity index (χ2v) is 5.50. The van der Waals surface area contributed by atoms with Crippen molar-refractivity contribution in [2.75, 3.05) is 13.0 Å². The Hall–Kier alpha value is -1.17. The van der Waals surface area contributed by atoms with Gasteiger partial charge in [-0.05, 0) is 49.4 Å². The fourth-order valence-electron chi connectivity index (χ4n) is 1.17. The molecule has 2 rings (SSSR count). The minimum absolute atomic E-state index is 0.261. The minimum Gasteiger partial charge on any atom is -0.444 e. The van der Waals surface area contributed by atoms with Gasteiger partial charge >= 0.3 is 6.09 Å². The third-order valence-corrected chi connectivity index (χ3v) is 2.27. The van der Waals surface area contributed by atoms with Gasteiger partial charge in [0.05, 0.1) is 20.8 Å². The Balaban J connectivity index is 2.89. The maximum absolute atomic E-state index is 12.7. The molecule has 0 radical (unpaired) electrons. The predicted octanol–water partition coefficient (Wildman–Crippen LogP) is 3.35. The molecule has 1 amide bonds. The van der Waals surface area contributed by atoms with Crippen LogP contribution in [0.15, 0.2) is 16.9 Å². The van der Waals surface area contributed by atoms with Gasteiger partial charge in [-0.15, -0.1) is 0 Å². The lowest BCUT2D eigenvalue weighted by atomic mass is 9.94. The molecule has 1 aromatic rings. The van der Waals surface area contributed by atoms with Crippen LogP contribution in [-0.2, 0) is 4.74 Å². The summed E-state index contributed by atoms with van der Waals surface area (Å²) in [5.41, 5.74) is -2.34. The molecule has 0 aliphatic carbocycles. The number of piperidine rings is 1. The zero-order valence-electron chi connectivity index (χ0n) is 22.0. The highest BCUT2D eigenvalue weighted by Crippen LogP contribution is 2.27. The number of hydrogen-bond donors (Lipinski definition) is 0. The third-order valence-electron chi connectivity index (χ3n) is 1.92. The summed E-state index contributed by atoms with van der Waals surface area (Å²) >= 11 is 2.83. The van der Waals surface area contributed by atoms with Crippen LogP contribution in [0.1, 0.15) is 60.2 Å². The number of nitrogens with zero attached hydrogens (tertiary/aromatic N) is 3. The van der Waals surface area contributed by atoms with Gasteiger partial charge in [-0.3, -0.25) is 4.98 Å². The van der Waals surface area contributed by atoms with Gasteiger partial charge in [0.2, 0.25) is 0 Å². The minimum atomic E-state index is -3.68. The Labute approximate surface area is 143 Å². The highest BCUT2D eigenvalue weighted by Gasteiger charge is 2.27. The van der Waals surface area contributed by atoms with Crippen molar-refractivity contribution in [3.05, 3.63) is 22.6 Å². The van der Waals surface area contributed by atoms with E-state index in [4.69, 9.17) is 19.8 Å². The zero-order chi connectivity index (χ0) is 24.6. The fourth-order valence-corrected chi connectivity index (χ4v) is 1.34. The highest BCUT2D eigenvalue weighted by atomic mass is 79.9. The number of carbonyl (C=O) groups excluding carboxylic acids is 1. The van der Waals surface area contributed by atoms with Crippen LogP contribution in [-0.4, -0.2) is 39.6 Å². The van der Waals surface area contributed by atoms with Crippen molar-refractivity contribution in [3.8, 4) is 0 Å². The summed E-state index contributed by atoms with van der Waals surface area (Å²) in [5, 5.41) is 0. The number of halogens is 1. The first-order chi connectivity index (χ1) is 13.6. The van der Waals surface area contributed by atoms with E-state index in [0.717, 1.165) is 0 Å². The third kappa shape index (κ3) is 4.16. The molecule has 0 spiro atoms. The summed E-state index contributed by atoms with van der Waals surface area (Å²) in [6, 6.07) is 0. The first kappa shape index (κ1) is 6.30. The molecule has 1 aliphatic rings. The van der Waals surface area contributed by atoms with Crippen molar-refractivity contribution in [1.82, 2.24) is 14.9 Å². The maximum atomic E-state index is 12.7. The Kier molecular flexibility index (Phi) is 1.91. The van der Waals surface area contributed by atoms with Gasteiger partial charge in [0.1, 0.15) is 10.2 Å². The molecule has 2 heterocycles. The van der Waals surface area contributed by atoms with Crippen LogP contribution in [0.3, 0.4) is 0 Å². The van der Waals surface area contributed by atoms with Gasteiger partial charge in [-0.2, -0.15) is 0 Å². The Morgan fingerprint density at radius 1 is 1.50 bits per heavy atom. The van der Waals surface area contributed by atoms with Crippen molar-refractivity contribution in [3.63, 3.8) is 0 Å². The Morgan fingerprint density at radius 2 is 2.15 bits per heavy atom. The molecule has 1 aromatic heterocycles. The molecule has 0 saturated carbocycles. The van der Waals surface area contributed by atoms with Gasteiger partial charge in [0.25, 0.3) is 0 Å². The van der Waals surface area contributed by atoms with Gasteiger partial charge in [-0.1, -0.05) is 0 Å². The van der Waals surface area contributed by atoms with E-state index in [1.807, 2.05) is 0 Å². The fraction of sp³-hybridized carbons (Fsp3) is 0.643. The van der Waals surface area contributed by atoms with E-state index in [2.05, 4.69) is 25.9 Å². The number of rotatable bonds is 1. The van der Waals surface area contributed by atoms with Crippen LogP contribution >= 0.6 is 15.9 Å². The smallest absolute Gasteiger partial charge is 0.410 e. The van der Waals surface area contributed by atoms with Crippen LogP contribution < -0.4 is 0 Å². The van der Waals surface area contributed by atoms with Crippen LogP contribution in [0.25, 0.3) is 0 Å². The van der Waals surface area contributed by atoms with E-state index in [1.54, 1.807) is 0 Å². The molecule has 110 valence electrons. The summed E-state index contributed by atoms with van der Waals surface area (Å²) in [6.45, 7) is -3.09. The molecule has 0 unspecified atom stereocenters. The normalized spacial score (nSPS) is 36.8. The van der Waals surface area contributed by atoms with Crippen LogP contribution in [0.4, 0.5) is 4.79 Å². The average molecular weight is 353 g/mol. The summed E-state index contributed by atoms with van der Waals surface area (Å²) < 4.78 is 95.5. The van der Waals surface area contributed by atoms with Crippen molar-refractivity contribution in [2.24, 2.45) is 0 Å². The van der Waals surface area contributed by atoms with E-state index in [9.17, 15) is 4.79 Å². The van der Waals surface area contributed by atoms with E-state index in [1.165, 1.54) is 20.8 Å². The van der Waals surface area contributed by atoms with Gasteiger partial charge < -0.3 is 9.64 Å². The monoisotopic (exact) mass is 352 g/mol. The molecule has 0 atom stereocenters. The Bertz CT molecular complexity index is 892. The van der Waals surface area contributed by atoms with Crippen molar-refractivity contribution in [2.45, 2.75) is 45.0 Å². The molecule has 0 N–H and O–H groups in total. The second-order valence-electron chi connectivity index (χ2n) is 4.75. The molecule has 6 heteroatoms. The lowest BCUT2D eigenvalue weighted by Gasteiger charge is -2.33. The summed E-state index contributed by atoms with van der Waals surface area (Å²) in [6.07, 6.45) is -10.7. The number of amides is 1. The number of ether oxygens (including phenoxy) is 1. The Morgan fingerprint density at radius 3 is 2.75 bits per heavy atom. The topological polar surface area (TPSA) is 55.3 Å². The van der Waals surface area contributed by atoms with Crippen LogP contribution in [0, 0.1) is 0 Å². The molecule has 0 aromatic carbocycles. The summed E-state index contributed by atoms with van der Waals surface area (Å²) in [5.74, 6) is -3.54. The van der Waals surface area contributed by atoms with Gasteiger partial charge in [0.15, 0.2) is 0 Å². The number of aromatic nitrogens is 2. The molecule has 5 nitrogen and oxygen atoms in total. The lowest BCUT2D eigenvalue weighted by Crippen LogP contribution is -2.41. The highest BCUT2D eigenvalue weighted by molar-refractivity contribution is 9.10. The van der Waals surface area contributed by atoms with Crippen molar-refractivity contribution >= 4 is 22.0 Å². The molecule has 1 fully saturated rings. The molecule has 1 saturated heterocycles. The van der Waals surface area contributed by atoms with E-state index < -0.39 is 61.4 Å². The van der Waals surface area contributed by atoms with E-state index in [0.29, 0.717) is 0 Å². The van der Waals surface area contributed by atoms with Crippen molar-refractivity contribution < 1.29 is 24.6 Å².